The first-order valence-electron chi connectivity index (χ1n) is 6.52. The Balaban J connectivity index is 1.86. The second kappa shape index (κ2) is 7.31. The summed E-state index contributed by atoms with van der Waals surface area (Å²) in [5, 5.41) is 3.89. The van der Waals surface area contributed by atoms with Gasteiger partial charge in [-0.15, -0.1) is 0 Å². The minimum atomic E-state index is -0.481. The number of carbonyl (C=O) groups excluding carboxylic acids is 1. The molecule has 1 N–H and O–H groups in total. The van der Waals surface area contributed by atoms with Gasteiger partial charge < -0.3 is 4.74 Å². The Kier molecular flexibility index (Phi) is 5.19. The minimum absolute atomic E-state index is 0.259. The molecule has 1 amide bonds. The van der Waals surface area contributed by atoms with Gasteiger partial charge in [-0.25, -0.2) is 14.2 Å². The lowest BCUT2D eigenvalue weighted by molar-refractivity contribution is -0.123. The second-order valence-electron chi connectivity index (χ2n) is 4.49. The first-order valence-corrected chi connectivity index (χ1v) is 6.52. The first kappa shape index (κ1) is 15.6. The predicted octanol–water partition coefficient (Wildman–Crippen LogP) is 2.88. The largest absolute Gasteiger partial charge is 0.484 e. The number of nitrogens with zero attached hydrogens (tertiary/aromatic N) is 1. The van der Waals surface area contributed by atoms with Crippen LogP contribution in [0.25, 0.3) is 0 Å². The zero-order chi connectivity index (χ0) is 15.9. The lowest BCUT2D eigenvalue weighted by Crippen LogP contribution is -2.25. The van der Waals surface area contributed by atoms with Crippen LogP contribution in [-0.4, -0.2) is 18.2 Å². The van der Waals surface area contributed by atoms with Crippen molar-refractivity contribution in [1.82, 2.24) is 5.43 Å². The average molecular weight is 304 g/mol. The molecule has 0 aliphatic rings. The van der Waals surface area contributed by atoms with Crippen molar-refractivity contribution < 1.29 is 18.3 Å². The molecule has 0 aromatic heterocycles. The molecule has 0 heterocycles. The van der Waals surface area contributed by atoms with E-state index in [-0.39, 0.29) is 18.2 Å². The van der Waals surface area contributed by atoms with E-state index in [4.69, 9.17) is 4.74 Å². The lowest BCUT2D eigenvalue weighted by atomic mass is 10.1. The van der Waals surface area contributed by atoms with Crippen molar-refractivity contribution in [3.05, 3.63) is 65.7 Å². The van der Waals surface area contributed by atoms with Gasteiger partial charge in [-0.1, -0.05) is 18.2 Å². The SMILES string of the molecule is C/C(=N/NC(=O)COc1cccc(F)c1)c1ccc(F)cc1. The highest BCUT2D eigenvalue weighted by Crippen LogP contribution is 2.11. The van der Waals surface area contributed by atoms with E-state index in [2.05, 4.69) is 10.5 Å². The highest BCUT2D eigenvalue weighted by Gasteiger charge is 2.04. The first-order chi connectivity index (χ1) is 10.5. The molecule has 6 heteroatoms. The van der Waals surface area contributed by atoms with Crippen molar-refractivity contribution >= 4 is 11.6 Å². The molecule has 0 aliphatic heterocycles. The molecule has 2 aromatic carbocycles. The summed E-state index contributed by atoms with van der Waals surface area (Å²) in [6.07, 6.45) is 0. The fraction of sp³-hybridized carbons (Fsp3) is 0.125. The highest BCUT2D eigenvalue weighted by molar-refractivity contribution is 5.99. The summed E-state index contributed by atoms with van der Waals surface area (Å²) in [7, 11) is 0. The molecule has 0 spiro atoms. The number of hydrogen-bond acceptors (Lipinski definition) is 3. The fourth-order valence-electron chi connectivity index (χ4n) is 1.64. The number of rotatable bonds is 5. The maximum Gasteiger partial charge on any atom is 0.277 e. The predicted molar refractivity (Wildman–Crippen MR) is 78.6 cm³/mol. The van der Waals surface area contributed by atoms with Gasteiger partial charge in [0.05, 0.1) is 5.71 Å². The zero-order valence-electron chi connectivity index (χ0n) is 11.8. The third kappa shape index (κ3) is 4.66. The Morgan fingerprint density at radius 2 is 1.86 bits per heavy atom. The Bertz CT molecular complexity index is 685. The van der Waals surface area contributed by atoms with Crippen LogP contribution in [0.3, 0.4) is 0 Å². The molecule has 0 saturated carbocycles. The number of halogens is 2. The summed E-state index contributed by atoms with van der Waals surface area (Å²) in [5.74, 6) is -1.01. The number of hydrogen-bond donors (Lipinski definition) is 1. The highest BCUT2D eigenvalue weighted by atomic mass is 19.1. The standard InChI is InChI=1S/C16H14F2N2O2/c1-11(12-5-7-13(17)8-6-12)19-20-16(21)10-22-15-4-2-3-14(18)9-15/h2-9H,10H2,1H3,(H,20,21)/b19-11-. The number of carbonyl (C=O) groups is 1. The molecule has 2 aromatic rings. The lowest BCUT2D eigenvalue weighted by Gasteiger charge is -2.06. The van der Waals surface area contributed by atoms with Gasteiger partial charge in [-0.05, 0) is 36.8 Å². The van der Waals surface area contributed by atoms with Crippen LogP contribution in [0.15, 0.2) is 53.6 Å². The van der Waals surface area contributed by atoms with E-state index in [0.717, 1.165) is 0 Å². The van der Waals surface area contributed by atoms with Crippen LogP contribution in [0.2, 0.25) is 0 Å². The maximum absolute atomic E-state index is 12.9. The Morgan fingerprint density at radius 1 is 1.14 bits per heavy atom. The molecule has 0 atom stereocenters. The topological polar surface area (TPSA) is 50.7 Å². The normalized spacial score (nSPS) is 11.1. The Hall–Kier alpha value is -2.76. The number of amides is 1. The number of ether oxygens (including phenoxy) is 1. The fourth-order valence-corrected chi connectivity index (χ4v) is 1.64. The Labute approximate surface area is 126 Å². The molecule has 22 heavy (non-hydrogen) atoms. The van der Waals surface area contributed by atoms with Crippen LogP contribution in [0.1, 0.15) is 12.5 Å². The van der Waals surface area contributed by atoms with Gasteiger partial charge in [0.15, 0.2) is 6.61 Å². The summed E-state index contributed by atoms with van der Waals surface area (Å²) in [4.78, 5) is 11.6. The van der Waals surface area contributed by atoms with E-state index < -0.39 is 11.7 Å². The van der Waals surface area contributed by atoms with Crippen LogP contribution < -0.4 is 10.2 Å². The summed E-state index contributed by atoms with van der Waals surface area (Å²) >= 11 is 0. The average Bonchev–Trinajstić information content (AvgIpc) is 2.51. The van der Waals surface area contributed by atoms with E-state index in [9.17, 15) is 13.6 Å². The molecule has 114 valence electrons. The molecule has 0 fully saturated rings. The summed E-state index contributed by atoms with van der Waals surface area (Å²) in [6, 6.07) is 11.2. The van der Waals surface area contributed by atoms with Crippen molar-refractivity contribution in [3.8, 4) is 5.75 Å². The van der Waals surface area contributed by atoms with E-state index >= 15 is 0 Å². The minimum Gasteiger partial charge on any atom is -0.484 e. The number of benzene rings is 2. The van der Waals surface area contributed by atoms with Gasteiger partial charge in [-0.3, -0.25) is 4.79 Å². The molecule has 0 saturated heterocycles. The third-order valence-electron chi connectivity index (χ3n) is 2.78. The van der Waals surface area contributed by atoms with Crippen LogP contribution in [-0.2, 0) is 4.79 Å². The van der Waals surface area contributed by atoms with E-state index in [1.165, 1.54) is 30.3 Å². The molecular weight excluding hydrogens is 290 g/mol. The van der Waals surface area contributed by atoms with Crippen molar-refractivity contribution in [3.63, 3.8) is 0 Å². The second-order valence-corrected chi connectivity index (χ2v) is 4.49. The van der Waals surface area contributed by atoms with Gasteiger partial charge in [0.2, 0.25) is 0 Å². The van der Waals surface area contributed by atoms with Crippen molar-refractivity contribution in [2.45, 2.75) is 6.92 Å². The number of hydrazone groups is 1. The molecular formula is C16H14F2N2O2. The van der Waals surface area contributed by atoms with Gasteiger partial charge in [0.25, 0.3) is 5.91 Å². The van der Waals surface area contributed by atoms with Crippen molar-refractivity contribution in [2.75, 3.05) is 6.61 Å². The molecule has 0 bridgehead atoms. The summed E-state index contributed by atoms with van der Waals surface area (Å²) in [6.45, 7) is 1.39. The molecule has 0 radical (unpaired) electrons. The molecule has 0 unspecified atom stereocenters. The zero-order valence-corrected chi connectivity index (χ0v) is 11.8. The van der Waals surface area contributed by atoms with Crippen LogP contribution in [0.5, 0.6) is 5.75 Å². The van der Waals surface area contributed by atoms with Gasteiger partial charge in [0.1, 0.15) is 17.4 Å². The van der Waals surface area contributed by atoms with E-state index in [0.29, 0.717) is 11.3 Å². The summed E-state index contributed by atoms with van der Waals surface area (Å²) in [5.41, 5.74) is 3.53. The maximum atomic E-state index is 12.9. The molecule has 2 rings (SSSR count). The van der Waals surface area contributed by atoms with Gasteiger partial charge >= 0.3 is 0 Å². The molecule has 0 aliphatic carbocycles. The van der Waals surface area contributed by atoms with Crippen LogP contribution >= 0.6 is 0 Å². The van der Waals surface area contributed by atoms with Crippen LogP contribution in [0.4, 0.5) is 8.78 Å². The van der Waals surface area contributed by atoms with Crippen molar-refractivity contribution in [2.24, 2.45) is 5.10 Å². The van der Waals surface area contributed by atoms with E-state index in [1.54, 1.807) is 25.1 Å². The molecule has 4 nitrogen and oxygen atoms in total. The van der Waals surface area contributed by atoms with Crippen molar-refractivity contribution in [1.29, 1.82) is 0 Å². The smallest absolute Gasteiger partial charge is 0.277 e. The Morgan fingerprint density at radius 3 is 2.55 bits per heavy atom. The van der Waals surface area contributed by atoms with E-state index in [1.807, 2.05) is 0 Å². The van der Waals surface area contributed by atoms with Gasteiger partial charge in [0, 0.05) is 6.07 Å². The third-order valence-corrected chi connectivity index (χ3v) is 2.78. The monoisotopic (exact) mass is 304 g/mol. The number of nitrogens with one attached hydrogen (secondary N) is 1. The van der Waals surface area contributed by atoms with Crippen LogP contribution in [0, 0.1) is 11.6 Å². The van der Waals surface area contributed by atoms with Gasteiger partial charge in [-0.2, -0.15) is 5.10 Å². The quantitative estimate of drug-likeness (QED) is 0.682. The summed E-state index contributed by atoms with van der Waals surface area (Å²) < 4.78 is 30.9.